The van der Waals surface area contributed by atoms with E-state index in [4.69, 9.17) is 0 Å². The van der Waals surface area contributed by atoms with E-state index in [1.807, 2.05) is 0 Å². The Morgan fingerprint density at radius 3 is 2.09 bits per heavy atom. The van der Waals surface area contributed by atoms with Crippen LogP contribution in [0.2, 0.25) is 0 Å². The van der Waals surface area contributed by atoms with Gasteiger partial charge in [0.1, 0.15) is 0 Å². The summed E-state index contributed by atoms with van der Waals surface area (Å²) >= 11 is 0. The highest BCUT2D eigenvalue weighted by Crippen LogP contribution is 2.29. The van der Waals surface area contributed by atoms with Crippen LogP contribution in [-0.2, 0) is 0 Å². The normalized spacial score (nSPS) is 10.7. The van der Waals surface area contributed by atoms with Gasteiger partial charge >= 0.3 is 0 Å². The smallest absolute Gasteiger partial charge is 0.0533 e. The zero-order chi connectivity index (χ0) is 15.7. The Labute approximate surface area is 132 Å². The molecule has 2 aromatic carbocycles. The highest BCUT2D eigenvalue weighted by molar-refractivity contribution is 5.68. The average molecular weight is 290 g/mol. The van der Waals surface area contributed by atoms with E-state index < -0.39 is 0 Å². The minimum Gasteiger partial charge on any atom is -0.378 e. The van der Waals surface area contributed by atoms with Gasteiger partial charge in [-0.3, -0.25) is 0 Å². The summed E-state index contributed by atoms with van der Waals surface area (Å²) in [4.78, 5) is 2.12. The Morgan fingerprint density at radius 1 is 0.773 bits per heavy atom. The van der Waals surface area contributed by atoms with Crippen LogP contribution in [0.3, 0.4) is 0 Å². The van der Waals surface area contributed by atoms with Crippen molar-refractivity contribution in [2.45, 2.75) is 13.8 Å². The average Bonchev–Trinajstić information content (AvgIpc) is 2.89. The molecule has 3 rings (SSSR count). The van der Waals surface area contributed by atoms with Crippen molar-refractivity contribution >= 4 is 5.69 Å². The molecule has 0 radical (unpaired) electrons. The molecule has 112 valence electrons. The van der Waals surface area contributed by atoms with Crippen molar-refractivity contribution in [2.75, 3.05) is 19.0 Å². The summed E-state index contributed by atoms with van der Waals surface area (Å²) in [6.45, 7) is 4.32. The summed E-state index contributed by atoms with van der Waals surface area (Å²) < 4.78 is 2.32. The second-order valence-electron chi connectivity index (χ2n) is 5.92. The van der Waals surface area contributed by atoms with Gasteiger partial charge in [0, 0.05) is 36.7 Å². The molecule has 0 spiro atoms. The van der Waals surface area contributed by atoms with Gasteiger partial charge in [-0.1, -0.05) is 24.3 Å². The summed E-state index contributed by atoms with van der Waals surface area (Å²) in [5, 5.41) is 0. The first-order chi connectivity index (χ1) is 10.6. The highest BCUT2D eigenvalue weighted by atomic mass is 15.1. The quantitative estimate of drug-likeness (QED) is 0.671. The van der Waals surface area contributed by atoms with Crippen molar-refractivity contribution < 1.29 is 0 Å². The van der Waals surface area contributed by atoms with Gasteiger partial charge in [-0.2, -0.15) is 0 Å². The molecule has 0 atom stereocenters. The van der Waals surface area contributed by atoms with Gasteiger partial charge in [0.15, 0.2) is 0 Å². The highest BCUT2D eigenvalue weighted by Gasteiger charge is 2.11. The second-order valence-corrected chi connectivity index (χ2v) is 5.92. The summed E-state index contributed by atoms with van der Waals surface area (Å²) in [5.41, 5.74) is 7.49. The molecule has 0 amide bonds. The Morgan fingerprint density at radius 2 is 1.45 bits per heavy atom. The lowest BCUT2D eigenvalue weighted by atomic mass is 10.1. The number of rotatable bonds is 3. The van der Waals surface area contributed by atoms with Gasteiger partial charge in [0.2, 0.25) is 0 Å². The van der Waals surface area contributed by atoms with Crippen LogP contribution in [0.4, 0.5) is 5.69 Å². The minimum atomic E-state index is 1.20. The van der Waals surface area contributed by atoms with Crippen molar-refractivity contribution in [1.29, 1.82) is 0 Å². The summed E-state index contributed by atoms with van der Waals surface area (Å²) in [7, 11) is 4.13. The Bertz CT molecular complexity index is 780. The number of hydrogen-bond donors (Lipinski definition) is 0. The molecule has 0 aliphatic carbocycles. The monoisotopic (exact) mass is 290 g/mol. The Hall–Kier alpha value is -2.48. The van der Waals surface area contributed by atoms with Gasteiger partial charge in [-0.05, 0) is 55.8 Å². The fourth-order valence-electron chi connectivity index (χ4n) is 2.85. The van der Waals surface area contributed by atoms with Crippen LogP contribution in [0.5, 0.6) is 0 Å². The third kappa shape index (κ3) is 2.52. The van der Waals surface area contributed by atoms with Crippen molar-refractivity contribution in [1.82, 2.24) is 4.57 Å². The van der Waals surface area contributed by atoms with E-state index in [0.29, 0.717) is 0 Å². The number of benzene rings is 2. The lowest BCUT2D eigenvalue weighted by Crippen LogP contribution is -2.08. The third-order valence-corrected chi connectivity index (χ3v) is 4.12. The largest absolute Gasteiger partial charge is 0.378 e. The van der Waals surface area contributed by atoms with E-state index in [-0.39, 0.29) is 0 Å². The molecule has 22 heavy (non-hydrogen) atoms. The predicted molar refractivity (Wildman–Crippen MR) is 95.0 cm³/mol. The van der Waals surface area contributed by atoms with Crippen LogP contribution in [0, 0.1) is 13.8 Å². The van der Waals surface area contributed by atoms with Crippen molar-refractivity contribution in [2.24, 2.45) is 0 Å². The maximum absolute atomic E-state index is 2.32. The first-order valence-electron chi connectivity index (χ1n) is 7.60. The van der Waals surface area contributed by atoms with E-state index in [1.165, 1.54) is 33.9 Å². The minimum absolute atomic E-state index is 1.20. The molecular formula is C20H22N2. The van der Waals surface area contributed by atoms with Crippen LogP contribution in [0.15, 0.2) is 60.7 Å². The number of aromatic nitrogens is 1. The maximum atomic E-state index is 2.32. The maximum Gasteiger partial charge on any atom is 0.0533 e. The summed E-state index contributed by atoms with van der Waals surface area (Å²) in [6, 6.07) is 21.6. The molecule has 1 heterocycles. The molecule has 0 aliphatic heterocycles. The third-order valence-electron chi connectivity index (χ3n) is 4.12. The van der Waals surface area contributed by atoms with Gasteiger partial charge in [-0.25, -0.2) is 0 Å². The van der Waals surface area contributed by atoms with Gasteiger partial charge in [0.05, 0.1) is 5.69 Å². The van der Waals surface area contributed by atoms with Gasteiger partial charge in [-0.15, -0.1) is 0 Å². The van der Waals surface area contributed by atoms with E-state index in [0.717, 1.165) is 0 Å². The summed E-state index contributed by atoms with van der Waals surface area (Å²) in [6.07, 6.45) is 0. The van der Waals surface area contributed by atoms with Crippen molar-refractivity contribution in [3.8, 4) is 16.9 Å². The second kappa shape index (κ2) is 5.72. The zero-order valence-corrected chi connectivity index (χ0v) is 13.7. The number of nitrogens with zero attached hydrogens (tertiary/aromatic N) is 2. The first-order valence-corrected chi connectivity index (χ1v) is 7.60. The Kier molecular flexibility index (Phi) is 3.76. The number of aryl methyl sites for hydroxylation is 2. The van der Waals surface area contributed by atoms with Crippen LogP contribution in [0.1, 0.15) is 11.3 Å². The molecule has 0 aliphatic rings. The lowest BCUT2D eigenvalue weighted by molar-refractivity contribution is 1.02. The van der Waals surface area contributed by atoms with E-state index in [1.54, 1.807) is 0 Å². The molecule has 3 aromatic rings. The summed E-state index contributed by atoms with van der Waals surface area (Å²) in [5.74, 6) is 0. The van der Waals surface area contributed by atoms with Crippen molar-refractivity contribution in [3.63, 3.8) is 0 Å². The molecule has 2 nitrogen and oxygen atoms in total. The SMILES string of the molecule is Cc1ccccc1-c1ccc(C)n1-c1ccc(N(C)C)cc1. The molecular weight excluding hydrogens is 268 g/mol. The molecule has 0 saturated carbocycles. The van der Waals surface area contributed by atoms with Gasteiger partial charge in [0.25, 0.3) is 0 Å². The molecule has 1 aromatic heterocycles. The number of hydrogen-bond acceptors (Lipinski definition) is 1. The molecule has 0 unspecified atom stereocenters. The fraction of sp³-hybridized carbons (Fsp3) is 0.200. The van der Waals surface area contributed by atoms with Crippen molar-refractivity contribution in [3.05, 3.63) is 71.9 Å². The topological polar surface area (TPSA) is 8.17 Å². The lowest BCUT2D eigenvalue weighted by Gasteiger charge is -2.16. The predicted octanol–water partition coefficient (Wildman–Crippen LogP) is 4.83. The zero-order valence-electron chi connectivity index (χ0n) is 13.7. The van der Waals surface area contributed by atoms with Crippen LogP contribution in [0.25, 0.3) is 16.9 Å². The molecule has 0 N–H and O–H groups in total. The van der Waals surface area contributed by atoms with Crippen LogP contribution < -0.4 is 4.90 Å². The van der Waals surface area contributed by atoms with Crippen LogP contribution in [-0.4, -0.2) is 18.7 Å². The number of anilines is 1. The van der Waals surface area contributed by atoms with E-state index >= 15 is 0 Å². The first kappa shape index (κ1) is 14.5. The molecule has 0 fully saturated rings. The van der Waals surface area contributed by atoms with Crippen LogP contribution >= 0.6 is 0 Å². The molecule has 2 heteroatoms. The van der Waals surface area contributed by atoms with E-state index in [9.17, 15) is 0 Å². The molecule has 0 bridgehead atoms. The van der Waals surface area contributed by atoms with E-state index in [2.05, 4.69) is 98.1 Å². The van der Waals surface area contributed by atoms with Gasteiger partial charge < -0.3 is 9.47 Å². The standard InChI is InChI=1S/C20H22N2/c1-15-7-5-6-8-19(15)20-14-9-16(2)22(20)18-12-10-17(11-13-18)21(3)4/h5-14H,1-4H3. The fourth-order valence-corrected chi connectivity index (χ4v) is 2.85. The molecule has 0 saturated heterocycles. The Balaban J connectivity index is 2.12.